The molecule has 2 rings (SSSR count). The van der Waals surface area contributed by atoms with Crippen molar-refractivity contribution >= 4 is 45.2 Å². The summed E-state index contributed by atoms with van der Waals surface area (Å²) < 4.78 is 11.6. The molecule has 2 amide bonds. The summed E-state index contributed by atoms with van der Waals surface area (Å²) in [6.07, 6.45) is 0. The quantitative estimate of drug-likeness (QED) is 0.578. The number of ether oxygens (including phenoxy) is 2. The van der Waals surface area contributed by atoms with Crippen molar-refractivity contribution < 1.29 is 19.1 Å². The van der Waals surface area contributed by atoms with Gasteiger partial charge in [0.05, 0.1) is 25.2 Å². The SMILES string of the molecule is COc1ccc(OCCN(C)C(=O)CSCC(=O)Nc2cccc(Br)c2)cc1. The Morgan fingerprint density at radius 3 is 2.50 bits per heavy atom. The molecule has 0 atom stereocenters. The summed E-state index contributed by atoms with van der Waals surface area (Å²) in [5.41, 5.74) is 0.721. The molecule has 0 aliphatic carbocycles. The lowest BCUT2D eigenvalue weighted by molar-refractivity contribution is -0.127. The van der Waals surface area contributed by atoms with E-state index >= 15 is 0 Å². The zero-order chi connectivity index (χ0) is 20.4. The second kappa shape index (κ2) is 11.6. The zero-order valence-electron chi connectivity index (χ0n) is 15.8. The maximum atomic E-state index is 12.1. The van der Waals surface area contributed by atoms with Gasteiger partial charge < -0.3 is 19.7 Å². The zero-order valence-corrected chi connectivity index (χ0v) is 18.2. The standard InChI is InChI=1S/C20H23BrN2O4S/c1-23(10-11-27-18-8-6-17(26-2)7-9-18)20(25)14-28-13-19(24)22-16-5-3-4-15(21)12-16/h3-9,12H,10-11,13-14H2,1-2H3,(H,22,24). The van der Waals surface area contributed by atoms with Crippen LogP contribution in [0, 0.1) is 0 Å². The fraction of sp³-hybridized carbons (Fsp3) is 0.300. The van der Waals surface area contributed by atoms with Crippen molar-refractivity contribution in [1.82, 2.24) is 4.90 Å². The first kappa shape index (κ1) is 22.1. The van der Waals surface area contributed by atoms with E-state index < -0.39 is 0 Å². The van der Waals surface area contributed by atoms with Crippen LogP contribution >= 0.6 is 27.7 Å². The highest BCUT2D eigenvalue weighted by Crippen LogP contribution is 2.17. The molecule has 0 aliphatic heterocycles. The lowest BCUT2D eigenvalue weighted by atomic mass is 10.3. The first-order chi connectivity index (χ1) is 13.5. The minimum Gasteiger partial charge on any atom is -0.497 e. The molecule has 150 valence electrons. The third kappa shape index (κ3) is 7.82. The highest BCUT2D eigenvalue weighted by molar-refractivity contribution is 9.10. The van der Waals surface area contributed by atoms with Crippen LogP contribution in [0.3, 0.4) is 0 Å². The Kier molecular flexibility index (Phi) is 9.16. The maximum Gasteiger partial charge on any atom is 0.234 e. The number of nitrogens with one attached hydrogen (secondary N) is 1. The number of hydrogen-bond acceptors (Lipinski definition) is 5. The first-order valence-electron chi connectivity index (χ1n) is 8.62. The molecule has 0 unspecified atom stereocenters. The Labute approximate surface area is 177 Å². The summed E-state index contributed by atoms with van der Waals surface area (Å²) >= 11 is 4.64. The van der Waals surface area contributed by atoms with Crippen molar-refractivity contribution in [2.24, 2.45) is 0 Å². The van der Waals surface area contributed by atoms with Gasteiger partial charge in [-0.15, -0.1) is 11.8 Å². The molecule has 0 radical (unpaired) electrons. The van der Waals surface area contributed by atoms with Gasteiger partial charge in [0.1, 0.15) is 18.1 Å². The summed E-state index contributed by atoms with van der Waals surface area (Å²) in [5.74, 6) is 1.76. The Morgan fingerprint density at radius 2 is 1.82 bits per heavy atom. The number of benzene rings is 2. The van der Waals surface area contributed by atoms with Gasteiger partial charge in [-0.1, -0.05) is 22.0 Å². The summed E-state index contributed by atoms with van der Waals surface area (Å²) in [7, 11) is 3.33. The second-order valence-electron chi connectivity index (χ2n) is 5.89. The van der Waals surface area contributed by atoms with Crippen molar-refractivity contribution in [2.45, 2.75) is 0 Å². The average Bonchev–Trinajstić information content (AvgIpc) is 2.68. The molecule has 28 heavy (non-hydrogen) atoms. The van der Waals surface area contributed by atoms with Crippen LogP contribution in [0.5, 0.6) is 11.5 Å². The molecule has 0 aliphatic rings. The molecule has 1 N–H and O–H groups in total. The lowest BCUT2D eigenvalue weighted by Crippen LogP contribution is -2.32. The van der Waals surface area contributed by atoms with E-state index in [9.17, 15) is 9.59 Å². The van der Waals surface area contributed by atoms with Crippen LogP contribution in [-0.4, -0.2) is 55.5 Å². The van der Waals surface area contributed by atoms with E-state index in [2.05, 4.69) is 21.2 Å². The van der Waals surface area contributed by atoms with Crippen molar-refractivity contribution in [3.05, 3.63) is 53.0 Å². The van der Waals surface area contributed by atoms with Gasteiger partial charge in [-0.2, -0.15) is 0 Å². The number of thioether (sulfide) groups is 1. The number of hydrogen-bond donors (Lipinski definition) is 1. The van der Waals surface area contributed by atoms with E-state index in [-0.39, 0.29) is 23.3 Å². The van der Waals surface area contributed by atoms with Crippen LogP contribution in [0.4, 0.5) is 5.69 Å². The molecule has 2 aromatic carbocycles. The van der Waals surface area contributed by atoms with Crippen LogP contribution in [0.1, 0.15) is 0 Å². The second-order valence-corrected chi connectivity index (χ2v) is 7.79. The van der Waals surface area contributed by atoms with Gasteiger partial charge >= 0.3 is 0 Å². The van der Waals surface area contributed by atoms with Gasteiger partial charge in [-0.05, 0) is 42.5 Å². The predicted octanol–water partition coefficient (Wildman–Crippen LogP) is 3.67. The van der Waals surface area contributed by atoms with Crippen molar-refractivity contribution in [2.75, 3.05) is 44.1 Å². The van der Waals surface area contributed by atoms with Crippen LogP contribution in [0.2, 0.25) is 0 Å². The third-order valence-electron chi connectivity index (χ3n) is 3.75. The molecule has 2 aromatic rings. The molecular weight excluding hydrogens is 444 g/mol. The number of carbonyl (C=O) groups excluding carboxylic acids is 2. The number of carbonyl (C=O) groups is 2. The number of halogens is 1. The van der Waals surface area contributed by atoms with Gasteiger partial charge in [-0.3, -0.25) is 9.59 Å². The fourth-order valence-electron chi connectivity index (χ4n) is 2.20. The number of methoxy groups -OCH3 is 1. The number of likely N-dealkylation sites (N-methyl/N-ethyl adjacent to an activating group) is 1. The molecule has 0 spiro atoms. The van der Waals surface area contributed by atoms with Gasteiger partial charge in [0.25, 0.3) is 0 Å². The molecule has 0 aromatic heterocycles. The summed E-state index contributed by atoms with van der Waals surface area (Å²) in [5, 5.41) is 2.80. The summed E-state index contributed by atoms with van der Waals surface area (Å²) in [4.78, 5) is 25.7. The number of rotatable bonds is 10. The molecular formula is C20H23BrN2O4S. The number of anilines is 1. The molecule has 0 saturated heterocycles. The van der Waals surface area contributed by atoms with Gasteiger partial charge in [0.15, 0.2) is 0 Å². The Hall–Kier alpha value is -2.19. The smallest absolute Gasteiger partial charge is 0.234 e. The Balaban J connectivity index is 1.62. The summed E-state index contributed by atoms with van der Waals surface area (Å²) in [6.45, 7) is 0.859. The fourth-order valence-corrected chi connectivity index (χ4v) is 3.36. The Morgan fingerprint density at radius 1 is 1.11 bits per heavy atom. The third-order valence-corrected chi connectivity index (χ3v) is 5.16. The van der Waals surface area contributed by atoms with Crippen LogP contribution in [-0.2, 0) is 9.59 Å². The average molecular weight is 467 g/mol. The van der Waals surface area contributed by atoms with Crippen molar-refractivity contribution in [3.8, 4) is 11.5 Å². The Bertz CT molecular complexity index is 786. The van der Waals surface area contributed by atoms with E-state index in [1.807, 2.05) is 48.5 Å². The highest BCUT2D eigenvalue weighted by atomic mass is 79.9. The normalized spacial score (nSPS) is 10.2. The van der Waals surface area contributed by atoms with Crippen LogP contribution in [0.25, 0.3) is 0 Å². The predicted molar refractivity (Wildman–Crippen MR) is 116 cm³/mol. The highest BCUT2D eigenvalue weighted by Gasteiger charge is 2.11. The molecule has 0 saturated carbocycles. The first-order valence-corrected chi connectivity index (χ1v) is 10.6. The number of nitrogens with zero attached hydrogens (tertiary/aromatic N) is 1. The van der Waals surface area contributed by atoms with E-state index in [0.717, 1.165) is 21.7 Å². The monoisotopic (exact) mass is 466 g/mol. The molecule has 0 fully saturated rings. The maximum absolute atomic E-state index is 12.1. The van der Waals surface area contributed by atoms with Crippen molar-refractivity contribution in [1.29, 1.82) is 0 Å². The lowest BCUT2D eigenvalue weighted by Gasteiger charge is -2.17. The largest absolute Gasteiger partial charge is 0.497 e. The molecule has 0 heterocycles. The topological polar surface area (TPSA) is 67.9 Å². The molecule has 6 nitrogen and oxygen atoms in total. The summed E-state index contributed by atoms with van der Waals surface area (Å²) in [6, 6.07) is 14.6. The number of amides is 2. The van der Waals surface area contributed by atoms with Gasteiger partial charge in [0.2, 0.25) is 11.8 Å². The van der Waals surface area contributed by atoms with Gasteiger partial charge in [-0.25, -0.2) is 0 Å². The van der Waals surface area contributed by atoms with E-state index in [1.54, 1.807) is 19.1 Å². The molecule has 8 heteroatoms. The van der Waals surface area contributed by atoms with Crippen LogP contribution < -0.4 is 14.8 Å². The molecule has 0 bridgehead atoms. The van der Waals surface area contributed by atoms with Crippen molar-refractivity contribution in [3.63, 3.8) is 0 Å². The minimum atomic E-state index is -0.138. The van der Waals surface area contributed by atoms with Crippen LogP contribution in [0.15, 0.2) is 53.0 Å². The minimum absolute atomic E-state index is 0.0430. The van der Waals surface area contributed by atoms with E-state index in [0.29, 0.717) is 13.2 Å². The van der Waals surface area contributed by atoms with E-state index in [1.165, 1.54) is 11.8 Å². The van der Waals surface area contributed by atoms with E-state index in [4.69, 9.17) is 9.47 Å². The van der Waals surface area contributed by atoms with Gasteiger partial charge in [0, 0.05) is 17.2 Å².